The first kappa shape index (κ1) is 15.2. The van der Waals surface area contributed by atoms with Gasteiger partial charge in [-0.15, -0.1) is 0 Å². The monoisotopic (exact) mass is 358 g/mol. The minimum atomic E-state index is -3.33. The van der Waals surface area contributed by atoms with Crippen LogP contribution in [0.15, 0.2) is 20.3 Å². The number of hydrogen-bond acceptors (Lipinski definition) is 4. The highest BCUT2D eigenvalue weighted by molar-refractivity contribution is 9.10. The number of sulfone groups is 1. The van der Waals surface area contributed by atoms with E-state index in [1.807, 2.05) is 13.0 Å². The molecule has 1 aromatic rings. The smallest absolute Gasteiger partial charge is 0.265 e. The third kappa shape index (κ3) is 2.78. The molecule has 1 unspecified atom stereocenters. The third-order valence-electron chi connectivity index (χ3n) is 3.25. The van der Waals surface area contributed by atoms with Crippen LogP contribution in [0.25, 0.3) is 12.3 Å². The van der Waals surface area contributed by atoms with E-state index in [9.17, 15) is 13.2 Å². The summed E-state index contributed by atoms with van der Waals surface area (Å²) in [6.07, 6.45) is 5.06. The van der Waals surface area contributed by atoms with E-state index >= 15 is 0 Å². The summed E-state index contributed by atoms with van der Waals surface area (Å²) in [7, 11) is -1.64. The molecule has 5 nitrogen and oxygen atoms in total. The highest BCUT2D eigenvalue weighted by Crippen LogP contribution is 2.12. The number of aliphatic imine (C=N–C) groups is 1. The van der Waals surface area contributed by atoms with Crippen LogP contribution in [0.5, 0.6) is 0 Å². The average Bonchev–Trinajstić information content (AvgIpc) is 2.31. The van der Waals surface area contributed by atoms with E-state index in [2.05, 4.69) is 20.9 Å². The van der Waals surface area contributed by atoms with Crippen LogP contribution in [0.4, 0.5) is 0 Å². The van der Waals surface area contributed by atoms with Gasteiger partial charge in [-0.25, -0.2) is 13.4 Å². The second-order valence-corrected chi connectivity index (χ2v) is 7.72. The summed E-state index contributed by atoms with van der Waals surface area (Å²) in [6, 6.07) is 1.66. The van der Waals surface area contributed by atoms with Crippen molar-refractivity contribution in [1.82, 2.24) is 4.57 Å². The van der Waals surface area contributed by atoms with E-state index in [4.69, 9.17) is 0 Å². The second-order valence-electron chi connectivity index (χ2n) is 4.91. The molecule has 0 aromatic carbocycles. The van der Waals surface area contributed by atoms with Crippen molar-refractivity contribution in [3.8, 4) is 0 Å². The fourth-order valence-electron chi connectivity index (χ4n) is 2.20. The van der Waals surface area contributed by atoms with E-state index in [-0.39, 0.29) is 16.5 Å². The Bertz CT molecular complexity index is 866. The van der Waals surface area contributed by atoms with Gasteiger partial charge in [0.25, 0.3) is 5.56 Å². The van der Waals surface area contributed by atoms with E-state index in [0.29, 0.717) is 16.1 Å². The van der Waals surface area contributed by atoms with Gasteiger partial charge in [0, 0.05) is 36.0 Å². The summed E-state index contributed by atoms with van der Waals surface area (Å²) >= 11 is 3.20. The van der Waals surface area contributed by atoms with Gasteiger partial charge in [-0.2, -0.15) is 0 Å². The van der Waals surface area contributed by atoms with Crippen LogP contribution in [0.2, 0.25) is 0 Å². The zero-order chi connectivity index (χ0) is 15.1. The summed E-state index contributed by atoms with van der Waals surface area (Å²) in [6.45, 7) is 1.81. The third-order valence-corrected chi connectivity index (χ3v) is 5.08. The molecule has 0 saturated carbocycles. The first-order chi connectivity index (χ1) is 9.21. The molecule has 0 saturated heterocycles. The molecule has 0 bridgehead atoms. The number of fused-ring (bicyclic) bond motifs is 1. The first-order valence-electron chi connectivity index (χ1n) is 6.05. The molecule has 108 valence electrons. The number of hydrogen-bond donors (Lipinski definition) is 0. The quantitative estimate of drug-likeness (QED) is 0.662. The van der Waals surface area contributed by atoms with E-state index in [1.54, 1.807) is 13.1 Å². The largest absolute Gasteiger partial charge is 0.311 e. The van der Waals surface area contributed by atoms with Crippen molar-refractivity contribution >= 4 is 43.1 Å². The van der Waals surface area contributed by atoms with Crippen LogP contribution < -0.4 is 16.1 Å². The molecule has 0 fully saturated rings. The Labute approximate surface area is 125 Å². The molecule has 2 rings (SSSR count). The van der Waals surface area contributed by atoms with Gasteiger partial charge in [0.1, 0.15) is 5.04 Å². The lowest BCUT2D eigenvalue weighted by atomic mass is 10.1. The van der Waals surface area contributed by atoms with Crippen LogP contribution in [-0.2, 0) is 16.9 Å². The Morgan fingerprint density at radius 1 is 1.45 bits per heavy atom. The molecule has 0 spiro atoms. The minimum Gasteiger partial charge on any atom is -0.311 e. The van der Waals surface area contributed by atoms with Crippen molar-refractivity contribution < 1.29 is 8.42 Å². The Kier molecular flexibility index (Phi) is 4.02. The van der Waals surface area contributed by atoms with Gasteiger partial charge in [-0.3, -0.25) is 4.79 Å². The van der Waals surface area contributed by atoms with Gasteiger partial charge < -0.3 is 4.57 Å². The molecule has 0 radical (unpaired) electrons. The summed E-state index contributed by atoms with van der Waals surface area (Å²) in [5.41, 5.74) is -0.131. The molecule has 0 aliphatic carbocycles. The van der Waals surface area contributed by atoms with Gasteiger partial charge in [-0.1, -0.05) is 13.0 Å². The maximum Gasteiger partial charge on any atom is 0.265 e. The number of aromatic nitrogens is 1. The Hall–Kier alpha value is -1.21. The minimum absolute atomic E-state index is 0.131. The lowest BCUT2D eigenvalue weighted by molar-refractivity contribution is 0.609. The van der Waals surface area contributed by atoms with Crippen molar-refractivity contribution in [2.24, 2.45) is 18.0 Å². The Morgan fingerprint density at radius 3 is 2.70 bits per heavy atom. The average molecular weight is 359 g/mol. The number of halogens is 1. The number of pyridine rings is 1. The molecule has 7 heteroatoms. The number of rotatable bonds is 0. The zero-order valence-corrected chi connectivity index (χ0v) is 13.8. The fourth-order valence-corrected chi connectivity index (χ4v) is 3.79. The van der Waals surface area contributed by atoms with Crippen molar-refractivity contribution in [3.05, 3.63) is 31.5 Å². The van der Waals surface area contributed by atoms with E-state index in [1.165, 1.54) is 10.8 Å². The highest BCUT2D eigenvalue weighted by Gasteiger charge is 2.20. The van der Waals surface area contributed by atoms with E-state index < -0.39 is 9.84 Å². The molecule has 0 N–H and O–H groups in total. The molecule has 1 aliphatic heterocycles. The molecular weight excluding hydrogens is 344 g/mol. The summed E-state index contributed by atoms with van der Waals surface area (Å²) < 4.78 is 25.4. The summed E-state index contributed by atoms with van der Waals surface area (Å²) in [5.74, 6) is -0.215. The highest BCUT2D eigenvalue weighted by atomic mass is 79.9. The normalized spacial score (nSPS) is 22.4. The van der Waals surface area contributed by atoms with Crippen molar-refractivity contribution in [3.63, 3.8) is 0 Å². The van der Waals surface area contributed by atoms with Gasteiger partial charge in [0.15, 0.2) is 9.84 Å². The maximum absolute atomic E-state index is 11.9. The van der Waals surface area contributed by atoms with Crippen LogP contribution >= 0.6 is 15.9 Å². The predicted octanol–water partition coefficient (Wildman–Crippen LogP) is 0.149. The van der Waals surface area contributed by atoms with Gasteiger partial charge in [-0.05, 0) is 28.4 Å². The molecule has 1 aromatic heterocycles. The molecule has 0 amide bonds. The van der Waals surface area contributed by atoms with Crippen molar-refractivity contribution in [2.75, 3.05) is 6.26 Å². The lowest BCUT2D eigenvalue weighted by Gasteiger charge is -2.12. The Morgan fingerprint density at radius 2 is 2.10 bits per heavy atom. The molecule has 20 heavy (non-hydrogen) atoms. The maximum atomic E-state index is 11.9. The molecule has 2 heterocycles. The predicted molar refractivity (Wildman–Crippen MR) is 83.6 cm³/mol. The van der Waals surface area contributed by atoms with Gasteiger partial charge in [0.2, 0.25) is 0 Å². The molecule has 1 atom stereocenters. The van der Waals surface area contributed by atoms with Gasteiger partial charge in [0.05, 0.1) is 4.47 Å². The van der Waals surface area contributed by atoms with Crippen LogP contribution in [0.3, 0.4) is 0 Å². The topological polar surface area (TPSA) is 68.5 Å². The SMILES string of the molecule is CC1C/C=c2/c(cc(Br)c(=O)n2C)=C\N=C1S(C)(=O)=O. The van der Waals surface area contributed by atoms with Gasteiger partial charge >= 0.3 is 0 Å². The van der Waals surface area contributed by atoms with Crippen LogP contribution in [0.1, 0.15) is 13.3 Å². The summed E-state index contributed by atoms with van der Waals surface area (Å²) in [4.78, 5) is 16.0. The lowest BCUT2D eigenvalue weighted by Crippen LogP contribution is -2.42. The molecule has 1 aliphatic rings. The van der Waals surface area contributed by atoms with Crippen molar-refractivity contribution in [1.29, 1.82) is 0 Å². The first-order valence-corrected chi connectivity index (χ1v) is 8.74. The second kappa shape index (κ2) is 5.29. The number of nitrogens with zero attached hydrogens (tertiary/aromatic N) is 2. The van der Waals surface area contributed by atoms with Crippen molar-refractivity contribution in [2.45, 2.75) is 13.3 Å². The van der Waals surface area contributed by atoms with Crippen LogP contribution in [-0.4, -0.2) is 24.3 Å². The Balaban J connectivity index is 2.85. The standard InChI is InChI=1S/C13H15BrN2O3S/c1-8-4-5-11-9(6-10(14)13(17)16(11)2)7-15-12(8)20(3,18)19/h5-8H,4H2,1-3H3/b9-7-,11-5-,15-12?. The van der Waals surface area contributed by atoms with Crippen LogP contribution in [0, 0.1) is 5.92 Å². The molecular formula is C13H15BrN2O3S. The fraction of sp³-hybridized carbons (Fsp3) is 0.385. The zero-order valence-electron chi connectivity index (χ0n) is 11.4. The summed E-state index contributed by atoms with van der Waals surface area (Å²) in [5, 5.41) is 1.64. The van der Waals surface area contributed by atoms with E-state index in [0.717, 1.165) is 11.6 Å².